The lowest BCUT2D eigenvalue weighted by molar-refractivity contribution is -0.118. The Balaban J connectivity index is 2.03. The summed E-state index contributed by atoms with van der Waals surface area (Å²) in [6.07, 6.45) is 6.23. The highest BCUT2D eigenvalue weighted by Crippen LogP contribution is 2.24. The largest absolute Gasteiger partial charge is 0.348 e. The van der Waals surface area contributed by atoms with Gasteiger partial charge in [-0.25, -0.2) is 0 Å². The van der Waals surface area contributed by atoms with Crippen molar-refractivity contribution in [2.24, 2.45) is 5.92 Å². The van der Waals surface area contributed by atoms with Gasteiger partial charge in [-0.2, -0.15) is 5.26 Å². The van der Waals surface area contributed by atoms with Crippen LogP contribution in [0, 0.1) is 17.2 Å². The van der Waals surface area contributed by atoms with Gasteiger partial charge in [0, 0.05) is 10.9 Å². The predicted molar refractivity (Wildman–Crippen MR) is 77.5 cm³/mol. The average Bonchev–Trinajstić information content (AvgIpc) is 2.91. The number of hydrogen-bond acceptors (Lipinski definition) is 3. The number of hydrogen-bond donors (Lipinski definition) is 1. The molecule has 1 aliphatic carbocycles. The van der Waals surface area contributed by atoms with E-state index >= 15 is 0 Å². The maximum absolute atomic E-state index is 12.1. The summed E-state index contributed by atoms with van der Waals surface area (Å²) in [4.78, 5) is 13.1. The monoisotopic (exact) mass is 274 g/mol. The molecule has 0 aromatic carbocycles. The molecule has 0 radical (unpaired) electrons. The van der Waals surface area contributed by atoms with E-state index < -0.39 is 0 Å². The quantitative estimate of drug-likeness (QED) is 0.679. The van der Waals surface area contributed by atoms with Gasteiger partial charge < -0.3 is 5.32 Å². The fourth-order valence-corrected chi connectivity index (χ4v) is 3.10. The molecule has 0 saturated heterocycles. The van der Waals surface area contributed by atoms with E-state index in [2.05, 4.69) is 12.2 Å². The van der Waals surface area contributed by atoms with Crippen molar-refractivity contribution in [2.45, 2.75) is 38.6 Å². The first kappa shape index (κ1) is 13.8. The molecular weight excluding hydrogens is 256 g/mol. The van der Waals surface area contributed by atoms with Crippen molar-refractivity contribution in [3.8, 4) is 6.07 Å². The second kappa shape index (κ2) is 6.53. The molecule has 1 fully saturated rings. The Labute approximate surface area is 117 Å². The molecule has 2 atom stereocenters. The molecule has 1 saturated carbocycles. The predicted octanol–water partition coefficient (Wildman–Crippen LogP) is 3.35. The molecule has 1 N–H and O–H groups in total. The van der Waals surface area contributed by atoms with Gasteiger partial charge in [0.1, 0.15) is 11.6 Å². The summed E-state index contributed by atoms with van der Waals surface area (Å²) in [6, 6.07) is 6.02. The van der Waals surface area contributed by atoms with Gasteiger partial charge in [-0.1, -0.05) is 25.8 Å². The number of rotatable bonds is 3. The summed E-state index contributed by atoms with van der Waals surface area (Å²) >= 11 is 1.52. The number of nitrogens with one attached hydrogen (secondary N) is 1. The minimum absolute atomic E-state index is 0.195. The second-order valence-electron chi connectivity index (χ2n) is 5.03. The maximum atomic E-state index is 12.1. The average molecular weight is 274 g/mol. The normalized spacial score (nSPS) is 23.7. The van der Waals surface area contributed by atoms with Crippen LogP contribution in [0.2, 0.25) is 0 Å². The van der Waals surface area contributed by atoms with Crippen LogP contribution >= 0.6 is 11.3 Å². The highest BCUT2D eigenvalue weighted by molar-refractivity contribution is 7.10. The number of amides is 1. The number of nitrogens with zero attached hydrogens (tertiary/aromatic N) is 1. The topological polar surface area (TPSA) is 52.9 Å². The SMILES string of the molecule is CC1CCCCC1NC(=O)/C(C#N)=C\c1cccs1. The molecule has 1 heterocycles. The Kier molecular flexibility index (Phi) is 4.75. The molecule has 100 valence electrons. The number of carbonyl (C=O) groups is 1. The fraction of sp³-hybridized carbons (Fsp3) is 0.467. The van der Waals surface area contributed by atoms with Crippen LogP contribution < -0.4 is 5.32 Å². The zero-order chi connectivity index (χ0) is 13.7. The minimum atomic E-state index is -0.241. The van der Waals surface area contributed by atoms with E-state index in [0.29, 0.717) is 5.92 Å². The van der Waals surface area contributed by atoms with Gasteiger partial charge in [0.05, 0.1) is 0 Å². The number of thiophene rings is 1. The molecule has 1 aromatic heterocycles. The zero-order valence-corrected chi connectivity index (χ0v) is 11.9. The van der Waals surface area contributed by atoms with Crippen LogP contribution in [0.5, 0.6) is 0 Å². The third-order valence-corrected chi connectivity index (χ3v) is 4.44. The van der Waals surface area contributed by atoms with Crippen molar-refractivity contribution >= 4 is 23.3 Å². The summed E-state index contributed by atoms with van der Waals surface area (Å²) in [5, 5.41) is 14.1. The molecule has 0 aliphatic heterocycles. The smallest absolute Gasteiger partial charge is 0.262 e. The lowest BCUT2D eigenvalue weighted by atomic mass is 9.86. The molecule has 3 nitrogen and oxygen atoms in total. The van der Waals surface area contributed by atoms with Crippen LogP contribution in [0.25, 0.3) is 6.08 Å². The van der Waals surface area contributed by atoms with E-state index in [1.165, 1.54) is 17.8 Å². The Hall–Kier alpha value is -1.60. The second-order valence-corrected chi connectivity index (χ2v) is 6.01. The highest BCUT2D eigenvalue weighted by Gasteiger charge is 2.23. The molecular formula is C15H18N2OS. The van der Waals surface area contributed by atoms with E-state index in [1.54, 1.807) is 6.08 Å². The first-order valence-electron chi connectivity index (χ1n) is 6.67. The van der Waals surface area contributed by atoms with Crippen LogP contribution in [0.3, 0.4) is 0 Å². The van der Waals surface area contributed by atoms with E-state index in [0.717, 1.165) is 24.1 Å². The van der Waals surface area contributed by atoms with Gasteiger partial charge in [-0.3, -0.25) is 4.79 Å². The standard InChI is InChI=1S/C15H18N2OS/c1-11-5-2-3-7-14(11)17-15(18)12(10-16)9-13-6-4-8-19-13/h4,6,8-9,11,14H,2-3,5,7H2,1H3,(H,17,18)/b12-9-. The van der Waals surface area contributed by atoms with Gasteiger partial charge >= 0.3 is 0 Å². The van der Waals surface area contributed by atoms with Crippen molar-refractivity contribution in [3.63, 3.8) is 0 Å². The molecule has 2 rings (SSSR count). The number of carbonyl (C=O) groups excluding carboxylic acids is 1. The maximum Gasteiger partial charge on any atom is 0.262 e. The van der Waals surface area contributed by atoms with Crippen molar-refractivity contribution in [2.75, 3.05) is 0 Å². The summed E-state index contributed by atoms with van der Waals surface area (Å²) < 4.78 is 0. The summed E-state index contributed by atoms with van der Waals surface area (Å²) in [6.45, 7) is 2.17. The fourth-order valence-electron chi connectivity index (χ4n) is 2.44. The van der Waals surface area contributed by atoms with E-state index in [9.17, 15) is 4.79 Å². The van der Waals surface area contributed by atoms with Crippen LogP contribution in [-0.4, -0.2) is 11.9 Å². The third kappa shape index (κ3) is 3.68. The number of nitriles is 1. The molecule has 4 heteroatoms. The first-order valence-corrected chi connectivity index (χ1v) is 7.55. The van der Waals surface area contributed by atoms with E-state index in [4.69, 9.17) is 5.26 Å². The van der Waals surface area contributed by atoms with Gasteiger partial charge in [0.15, 0.2) is 0 Å². The molecule has 0 spiro atoms. The van der Waals surface area contributed by atoms with Crippen LogP contribution in [0.15, 0.2) is 23.1 Å². The van der Waals surface area contributed by atoms with Gasteiger partial charge in [0.2, 0.25) is 0 Å². The van der Waals surface area contributed by atoms with Gasteiger partial charge in [-0.05, 0) is 36.3 Å². The van der Waals surface area contributed by atoms with E-state index in [-0.39, 0.29) is 17.5 Å². The third-order valence-electron chi connectivity index (χ3n) is 3.62. The summed E-state index contributed by atoms with van der Waals surface area (Å²) in [5.41, 5.74) is 0.195. The van der Waals surface area contributed by atoms with Crippen molar-refractivity contribution in [1.29, 1.82) is 5.26 Å². The Morgan fingerprint density at radius 1 is 1.53 bits per heavy atom. The molecule has 0 bridgehead atoms. The molecule has 19 heavy (non-hydrogen) atoms. The Morgan fingerprint density at radius 3 is 2.95 bits per heavy atom. The molecule has 2 unspecified atom stereocenters. The van der Waals surface area contributed by atoms with Crippen LogP contribution in [-0.2, 0) is 4.79 Å². The van der Waals surface area contributed by atoms with Crippen LogP contribution in [0.4, 0.5) is 0 Å². The summed E-state index contributed by atoms with van der Waals surface area (Å²) in [5.74, 6) is 0.258. The molecule has 1 aromatic rings. The first-order chi connectivity index (χ1) is 9.20. The highest BCUT2D eigenvalue weighted by atomic mass is 32.1. The van der Waals surface area contributed by atoms with Crippen molar-refractivity contribution < 1.29 is 4.79 Å². The minimum Gasteiger partial charge on any atom is -0.348 e. The van der Waals surface area contributed by atoms with Crippen LogP contribution in [0.1, 0.15) is 37.5 Å². The zero-order valence-electron chi connectivity index (χ0n) is 11.1. The molecule has 1 amide bonds. The Bertz CT molecular complexity index is 499. The molecule has 1 aliphatic rings. The lowest BCUT2D eigenvalue weighted by Gasteiger charge is -2.29. The summed E-state index contributed by atoms with van der Waals surface area (Å²) in [7, 11) is 0. The van der Waals surface area contributed by atoms with Gasteiger partial charge in [0.25, 0.3) is 5.91 Å². The van der Waals surface area contributed by atoms with E-state index in [1.807, 2.05) is 23.6 Å². The Morgan fingerprint density at radius 2 is 2.32 bits per heavy atom. The van der Waals surface area contributed by atoms with Crippen molar-refractivity contribution in [1.82, 2.24) is 5.32 Å². The lowest BCUT2D eigenvalue weighted by Crippen LogP contribution is -2.41. The van der Waals surface area contributed by atoms with Crippen molar-refractivity contribution in [3.05, 3.63) is 28.0 Å². The van der Waals surface area contributed by atoms with Gasteiger partial charge in [-0.15, -0.1) is 11.3 Å².